The third-order valence-electron chi connectivity index (χ3n) is 2.90. The predicted molar refractivity (Wildman–Crippen MR) is 78.1 cm³/mol. The molecule has 3 aromatic rings. The smallest absolute Gasteiger partial charge is 0.154 e. The maximum Gasteiger partial charge on any atom is 0.154 e. The number of nitrogens with zero attached hydrogens (tertiary/aromatic N) is 2. The van der Waals surface area contributed by atoms with E-state index in [9.17, 15) is 0 Å². The molecule has 0 unspecified atom stereocenters. The number of hydrogen-bond acceptors (Lipinski definition) is 3. The van der Waals surface area contributed by atoms with E-state index in [0.29, 0.717) is 11.6 Å². The van der Waals surface area contributed by atoms with E-state index in [1.54, 1.807) is 17.0 Å². The maximum absolute atomic E-state index is 6.03. The van der Waals surface area contributed by atoms with E-state index in [-0.39, 0.29) is 0 Å². The van der Waals surface area contributed by atoms with Crippen LogP contribution in [-0.2, 0) is 0 Å². The fraction of sp³-hybridized carbons (Fsp3) is 0.0714. The van der Waals surface area contributed by atoms with Crippen LogP contribution < -0.4 is 5.73 Å². The van der Waals surface area contributed by atoms with Crippen molar-refractivity contribution in [2.24, 2.45) is 0 Å². The Kier molecular flexibility index (Phi) is 2.91. The number of nitrogens with two attached hydrogens (primary N) is 1. The van der Waals surface area contributed by atoms with Gasteiger partial charge in [-0.15, -0.1) is 0 Å². The van der Waals surface area contributed by atoms with Crippen LogP contribution >= 0.6 is 15.9 Å². The van der Waals surface area contributed by atoms with Crippen molar-refractivity contribution >= 4 is 21.7 Å². The van der Waals surface area contributed by atoms with Crippen molar-refractivity contribution in [2.45, 2.75) is 6.92 Å². The Morgan fingerprint density at radius 3 is 2.79 bits per heavy atom. The minimum atomic E-state index is 0.580. The summed E-state index contributed by atoms with van der Waals surface area (Å²) in [6.07, 6.45) is 1.62. The highest BCUT2D eigenvalue weighted by molar-refractivity contribution is 9.10. The summed E-state index contributed by atoms with van der Waals surface area (Å²) in [4.78, 5) is 0. The fourth-order valence-electron chi connectivity index (χ4n) is 1.99. The lowest BCUT2D eigenvalue weighted by Crippen LogP contribution is -2.03. The van der Waals surface area contributed by atoms with E-state index in [1.165, 1.54) is 0 Å². The number of aryl methyl sites for hydroxylation is 1. The highest BCUT2D eigenvalue weighted by Gasteiger charge is 2.12. The van der Waals surface area contributed by atoms with E-state index in [2.05, 4.69) is 21.0 Å². The van der Waals surface area contributed by atoms with Gasteiger partial charge in [-0.05, 0) is 42.8 Å². The molecule has 0 aliphatic heterocycles. The van der Waals surface area contributed by atoms with Crippen LogP contribution in [0.3, 0.4) is 0 Å². The number of halogens is 1. The summed E-state index contributed by atoms with van der Waals surface area (Å²) in [5.74, 6) is 1.29. The van der Waals surface area contributed by atoms with Gasteiger partial charge < -0.3 is 10.2 Å². The number of benzene rings is 1. The Bertz CT molecular complexity index is 716. The average molecular weight is 318 g/mol. The first kappa shape index (κ1) is 12.0. The lowest BCUT2D eigenvalue weighted by atomic mass is 10.2. The van der Waals surface area contributed by atoms with Gasteiger partial charge in [0, 0.05) is 10.5 Å². The Balaban J connectivity index is 2.11. The number of rotatable bonds is 2. The second kappa shape index (κ2) is 4.59. The van der Waals surface area contributed by atoms with E-state index >= 15 is 0 Å². The zero-order chi connectivity index (χ0) is 13.4. The Morgan fingerprint density at radius 2 is 2.11 bits per heavy atom. The number of nitrogen functional groups attached to an aromatic ring is 1. The monoisotopic (exact) mass is 317 g/mol. The number of anilines is 1. The fourth-order valence-corrected chi connectivity index (χ4v) is 2.47. The first-order chi connectivity index (χ1) is 9.15. The zero-order valence-corrected chi connectivity index (χ0v) is 11.9. The molecule has 2 heterocycles. The second-order valence-electron chi connectivity index (χ2n) is 4.27. The molecule has 0 aliphatic rings. The molecule has 0 atom stereocenters. The van der Waals surface area contributed by atoms with Gasteiger partial charge in [-0.25, -0.2) is 4.68 Å². The zero-order valence-electron chi connectivity index (χ0n) is 10.3. The van der Waals surface area contributed by atoms with Crippen molar-refractivity contribution in [2.75, 3.05) is 5.73 Å². The molecule has 19 heavy (non-hydrogen) atoms. The number of aromatic nitrogens is 2. The molecule has 0 spiro atoms. The molecule has 1 aromatic carbocycles. The van der Waals surface area contributed by atoms with Crippen molar-refractivity contribution in [3.8, 4) is 17.1 Å². The van der Waals surface area contributed by atoms with Gasteiger partial charge in [-0.3, -0.25) is 0 Å². The largest absolute Gasteiger partial charge is 0.463 e. The summed E-state index contributed by atoms with van der Waals surface area (Å²) in [5.41, 5.74) is 8.81. The quantitative estimate of drug-likeness (QED) is 0.782. The highest BCUT2D eigenvalue weighted by Crippen LogP contribution is 2.26. The van der Waals surface area contributed by atoms with Gasteiger partial charge in [0.05, 0.1) is 12.0 Å². The van der Waals surface area contributed by atoms with E-state index in [4.69, 9.17) is 10.2 Å². The van der Waals surface area contributed by atoms with Crippen LogP contribution in [0.5, 0.6) is 0 Å². The summed E-state index contributed by atoms with van der Waals surface area (Å²) in [6.45, 7) is 2.02. The van der Waals surface area contributed by atoms with Gasteiger partial charge in [-0.1, -0.05) is 15.9 Å². The molecule has 4 nitrogen and oxygen atoms in total. The van der Waals surface area contributed by atoms with Crippen molar-refractivity contribution in [3.63, 3.8) is 0 Å². The normalized spacial score (nSPS) is 10.8. The average Bonchev–Trinajstić information content (AvgIpc) is 2.98. The molecule has 0 saturated heterocycles. The molecule has 0 saturated carbocycles. The van der Waals surface area contributed by atoms with E-state index in [1.807, 2.05) is 37.3 Å². The summed E-state index contributed by atoms with van der Waals surface area (Å²) in [5, 5.41) is 4.50. The van der Waals surface area contributed by atoms with Crippen LogP contribution in [0.4, 0.5) is 5.82 Å². The van der Waals surface area contributed by atoms with Crippen LogP contribution in [0.2, 0.25) is 0 Å². The van der Waals surface area contributed by atoms with Crippen molar-refractivity contribution in [1.82, 2.24) is 9.78 Å². The summed E-state index contributed by atoms with van der Waals surface area (Å²) in [7, 11) is 0. The first-order valence-corrected chi connectivity index (χ1v) is 6.60. The molecular formula is C14H12BrN3O. The van der Waals surface area contributed by atoms with Gasteiger partial charge in [0.15, 0.2) is 5.76 Å². The van der Waals surface area contributed by atoms with Crippen molar-refractivity contribution < 1.29 is 4.42 Å². The van der Waals surface area contributed by atoms with Crippen LogP contribution in [0.25, 0.3) is 17.1 Å². The molecule has 0 bridgehead atoms. The molecule has 0 aliphatic carbocycles. The van der Waals surface area contributed by atoms with Gasteiger partial charge in [0.25, 0.3) is 0 Å². The topological polar surface area (TPSA) is 57.0 Å². The van der Waals surface area contributed by atoms with Crippen LogP contribution in [0, 0.1) is 6.92 Å². The minimum Gasteiger partial charge on any atom is -0.463 e. The lowest BCUT2D eigenvalue weighted by Gasteiger charge is -2.07. The first-order valence-electron chi connectivity index (χ1n) is 5.81. The Morgan fingerprint density at radius 1 is 1.26 bits per heavy atom. The van der Waals surface area contributed by atoms with Gasteiger partial charge in [0.2, 0.25) is 0 Å². The van der Waals surface area contributed by atoms with Gasteiger partial charge >= 0.3 is 0 Å². The third kappa shape index (κ3) is 2.17. The maximum atomic E-state index is 6.03. The summed E-state index contributed by atoms with van der Waals surface area (Å²) in [6, 6.07) is 11.5. The van der Waals surface area contributed by atoms with Gasteiger partial charge in [0.1, 0.15) is 11.5 Å². The third-order valence-corrected chi connectivity index (χ3v) is 3.39. The molecular weight excluding hydrogens is 306 g/mol. The molecule has 0 amide bonds. The lowest BCUT2D eigenvalue weighted by molar-refractivity contribution is 0.579. The summed E-state index contributed by atoms with van der Waals surface area (Å²) < 4.78 is 8.09. The highest BCUT2D eigenvalue weighted by atomic mass is 79.9. The van der Waals surface area contributed by atoms with Crippen LogP contribution in [0.15, 0.2) is 51.6 Å². The number of hydrogen-bond donors (Lipinski definition) is 1. The Labute approximate surface area is 119 Å². The van der Waals surface area contributed by atoms with Crippen molar-refractivity contribution in [3.05, 3.63) is 52.7 Å². The van der Waals surface area contributed by atoms with Crippen LogP contribution in [0.1, 0.15) is 5.56 Å². The SMILES string of the molecule is Cc1cc(Br)ccc1-n1nc(-c2ccco2)cc1N. The predicted octanol–water partition coefficient (Wildman–Crippen LogP) is 3.79. The van der Waals surface area contributed by atoms with Gasteiger partial charge in [-0.2, -0.15) is 5.10 Å². The van der Waals surface area contributed by atoms with E-state index < -0.39 is 0 Å². The molecule has 0 fully saturated rings. The standard InChI is InChI=1S/C14H12BrN3O/c1-9-7-10(15)4-5-12(9)18-14(16)8-11(17-18)13-3-2-6-19-13/h2-8H,16H2,1H3. The molecule has 3 rings (SSSR count). The number of furan rings is 1. The Hall–Kier alpha value is -2.01. The minimum absolute atomic E-state index is 0.580. The molecule has 2 aromatic heterocycles. The van der Waals surface area contributed by atoms with Crippen molar-refractivity contribution in [1.29, 1.82) is 0 Å². The molecule has 0 radical (unpaired) electrons. The molecule has 96 valence electrons. The van der Waals surface area contributed by atoms with Crippen LogP contribution in [-0.4, -0.2) is 9.78 Å². The van der Waals surface area contributed by atoms with E-state index in [0.717, 1.165) is 21.4 Å². The second-order valence-corrected chi connectivity index (χ2v) is 5.19. The summed E-state index contributed by atoms with van der Waals surface area (Å²) >= 11 is 3.45. The molecule has 2 N–H and O–H groups in total. The molecule has 5 heteroatoms.